The lowest BCUT2D eigenvalue weighted by Gasteiger charge is -2.22. The zero-order valence-electron chi connectivity index (χ0n) is 13.6. The first-order chi connectivity index (χ1) is 11.6. The van der Waals surface area contributed by atoms with Gasteiger partial charge in [0.1, 0.15) is 0 Å². The highest BCUT2D eigenvalue weighted by molar-refractivity contribution is 6.03. The summed E-state index contributed by atoms with van der Waals surface area (Å²) in [7, 11) is 0. The Bertz CT molecular complexity index is 689. The van der Waals surface area contributed by atoms with Gasteiger partial charge < -0.3 is 10.6 Å². The molecule has 2 atom stereocenters. The summed E-state index contributed by atoms with van der Waals surface area (Å²) in [6, 6.07) is 6.97. The molecule has 5 heteroatoms. The minimum atomic E-state index is -0.509. The normalized spacial score (nSPS) is 28.2. The number of hydrogen-bond donors (Lipinski definition) is 2. The Morgan fingerprint density at radius 2 is 1.62 bits per heavy atom. The highest BCUT2D eigenvalue weighted by atomic mass is 16.2. The van der Waals surface area contributed by atoms with Crippen LogP contribution >= 0.6 is 0 Å². The minimum Gasteiger partial charge on any atom is -0.346 e. The molecule has 126 valence electrons. The second-order valence-electron chi connectivity index (χ2n) is 7.14. The minimum absolute atomic E-state index is 0.0413. The lowest BCUT2D eigenvalue weighted by atomic mass is 9.94. The van der Waals surface area contributed by atoms with Crippen molar-refractivity contribution in [1.29, 1.82) is 0 Å². The average molecular weight is 326 g/mol. The molecule has 1 aromatic rings. The quantitative estimate of drug-likeness (QED) is 0.866. The maximum Gasteiger partial charge on any atom is 0.235 e. The largest absolute Gasteiger partial charge is 0.346 e. The number of fused-ring (bicyclic) bond motifs is 3. The van der Waals surface area contributed by atoms with E-state index < -0.39 is 17.5 Å². The van der Waals surface area contributed by atoms with Gasteiger partial charge in [-0.05, 0) is 43.2 Å². The number of carbonyl (C=O) groups excluding carboxylic acids is 3. The van der Waals surface area contributed by atoms with Gasteiger partial charge in [0.15, 0.2) is 5.78 Å². The maximum absolute atomic E-state index is 12.8. The topological polar surface area (TPSA) is 75.3 Å². The summed E-state index contributed by atoms with van der Waals surface area (Å²) in [6.45, 7) is 0. The fraction of sp³-hybridized carbons (Fsp3) is 0.526. The highest BCUT2D eigenvalue weighted by Crippen LogP contribution is 2.54. The van der Waals surface area contributed by atoms with Crippen LogP contribution in [-0.4, -0.2) is 29.7 Å². The van der Waals surface area contributed by atoms with Crippen LogP contribution in [0.15, 0.2) is 24.3 Å². The Kier molecular flexibility index (Phi) is 3.66. The van der Waals surface area contributed by atoms with Crippen LogP contribution in [0.3, 0.4) is 0 Å². The molecule has 3 aliphatic rings. The Labute approximate surface area is 141 Å². The van der Waals surface area contributed by atoms with Crippen molar-refractivity contribution in [3.05, 3.63) is 35.4 Å². The fourth-order valence-corrected chi connectivity index (χ4v) is 4.33. The van der Waals surface area contributed by atoms with Gasteiger partial charge in [0.25, 0.3) is 0 Å². The Hall–Kier alpha value is -2.17. The van der Waals surface area contributed by atoms with Crippen molar-refractivity contribution in [2.75, 3.05) is 0 Å². The predicted molar refractivity (Wildman–Crippen MR) is 88.4 cm³/mol. The molecule has 1 spiro atoms. The maximum atomic E-state index is 12.8. The van der Waals surface area contributed by atoms with E-state index in [0.717, 1.165) is 36.8 Å². The zero-order chi connectivity index (χ0) is 16.7. The van der Waals surface area contributed by atoms with Crippen LogP contribution in [0, 0.1) is 0 Å². The number of Topliss-reactive ketones (excluding diaryl/α,β-unsaturated/α-hetero) is 1. The van der Waals surface area contributed by atoms with Crippen LogP contribution in [0.25, 0.3) is 0 Å². The van der Waals surface area contributed by atoms with E-state index in [4.69, 9.17) is 0 Å². The molecule has 2 fully saturated rings. The van der Waals surface area contributed by atoms with E-state index in [-0.39, 0.29) is 17.6 Å². The van der Waals surface area contributed by atoms with Gasteiger partial charge in [-0.3, -0.25) is 14.4 Å². The number of nitrogens with one attached hydrogen (secondary N) is 2. The second kappa shape index (κ2) is 5.72. The summed E-state index contributed by atoms with van der Waals surface area (Å²) in [4.78, 5) is 37.4. The van der Waals surface area contributed by atoms with Crippen molar-refractivity contribution < 1.29 is 14.4 Å². The molecule has 0 radical (unpaired) electrons. The molecular formula is C19H22N2O3. The van der Waals surface area contributed by atoms with Crippen LogP contribution in [-0.2, 0) is 19.8 Å². The first kappa shape index (κ1) is 15.4. The van der Waals surface area contributed by atoms with E-state index in [0.29, 0.717) is 19.3 Å². The van der Waals surface area contributed by atoms with Crippen molar-refractivity contribution in [2.24, 2.45) is 0 Å². The number of rotatable bonds is 2. The number of ketones is 1. The van der Waals surface area contributed by atoms with Crippen LogP contribution in [0.2, 0.25) is 0 Å². The third kappa shape index (κ3) is 2.34. The summed E-state index contributed by atoms with van der Waals surface area (Å²) >= 11 is 0. The van der Waals surface area contributed by atoms with Crippen LogP contribution < -0.4 is 10.6 Å². The zero-order valence-corrected chi connectivity index (χ0v) is 13.6. The van der Waals surface area contributed by atoms with E-state index in [9.17, 15) is 14.4 Å². The first-order valence-corrected chi connectivity index (χ1v) is 8.87. The lowest BCUT2D eigenvalue weighted by molar-refractivity contribution is -0.131. The molecule has 2 saturated heterocycles. The molecule has 0 aromatic heterocycles. The van der Waals surface area contributed by atoms with Gasteiger partial charge in [0.2, 0.25) is 11.8 Å². The van der Waals surface area contributed by atoms with Crippen LogP contribution in [0.5, 0.6) is 0 Å². The van der Waals surface area contributed by atoms with Crippen molar-refractivity contribution in [1.82, 2.24) is 10.6 Å². The first-order valence-electron chi connectivity index (χ1n) is 8.87. The summed E-state index contributed by atoms with van der Waals surface area (Å²) in [5, 5.41) is 5.80. The van der Waals surface area contributed by atoms with Crippen molar-refractivity contribution in [2.45, 2.75) is 62.4 Å². The summed E-state index contributed by atoms with van der Waals surface area (Å²) in [5.41, 5.74) is 1.68. The Balaban J connectivity index is 1.49. The molecule has 2 aliphatic heterocycles. The number of amides is 2. The summed E-state index contributed by atoms with van der Waals surface area (Å²) in [5.74, 6) is -0.156. The van der Waals surface area contributed by atoms with Gasteiger partial charge in [-0.1, -0.05) is 30.7 Å². The average Bonchev–Trinajstić information content (AvgIpc) is 3.32. The van der Waals surface area contributed by atoms with E-state index >= 15 is 0 Å². The Morgan fingerprint density at radius 1 is 0.958 bits per heavy atom. The monoisotopic (exact) mass is 326 g/mol. The Morgan fingerprint density at radius 3 is 2.38 bits per heavy atom. The molecule has 5 nitrogen and oxygen atoms in total. The molecule has 0 saturated carbocycles. The van der Waals surface area contributed by atoms with Crippen LogP contribution in [0.1, 0.15) is 56.1 Å². The van der Waals surface area contributed by atoms with Crippen molar-refractivity contribution >= 4 is 17.6 Å². The van der Waals surface area contributed by atoms with Gasteiger partial charge in [0.05, 0.1) is 17.5 Å². The second-order valence-corrected chi connectivity index (χ2v) is 7.14. The van der Waals surface area contributed by atoms with Crippen LogP contribution in [0.4, 0.5) is 0 Å². The van der Waals surface area contributed by atoms with Gasteiger partial charge in [0, 0.05) is 6.42 Å². The van der Waals surface area contributed by atoms with Crippen molar-refractivity contribution in [3.63, 3.8) is 0 Å². The third-order valence-electron chi connectivity index (χ3n) is 5.69. The number of hydrogen-bond acceptors (Lipinski definition) is 3. The molecular weight excluding hydrogens is 304 g/mol. The van der Waals surface area contributed by atoms with Gasteiger partial charge >= 0.3 is 0 Å². The number of benzene rings is 1. The summed E-state index contributed by atoms with van der Waals surface area (Å²) < 4.78 is 0. The standard InChI is InChI=1S/C19H22N2O3/c22-16-10-4-3-8-14(20-16)17(23)15-9-5-11-19(18(24)21-15)12-6-1-2-7-13(12)19/h1-2,6-7,14-15H,3-5,8-11H2,(H,20,22)(H,21,24). The lowest BCUT2D eigenvalue weighted by Crippen LogP contribution is -2.51. The van der Waals surface area contributed by atoms with E-state index in [1.54, 1.807) is 0 Å². The molecule has 24 heavy (non-hydrogen) atoms. The van der Waals surface area contributed by atoms with Gasteiger partial charge in [-0.25, -0.2) is 0 Å². The highest BCUT2D eigenvalue weighted by Gasteiger charge is 2.57. The van der Waals surface area contributed by atoms with Crippen molar-refractivity contribution in [3.8, 4) is 0 Å². The molecule has 2 unspecified atom stereocenters. The third-order valence-corrected chi connectivity index (χ3v) is 5.69. The smallest absolute Gasteiger partial charge is 0.235 e. The SMILES string of the molecule is O=C1CCCCC(C(=O)C2CCCC3(C(=O)N2)c2ccccc23)N1. The van der Waals surface area contributed by atoms with Gasteiger partial charge in [-0.2, -0.15) is 0 Å². The molecule has 0 bridgehead atoms. The summed E-state index contributed by atoms with van der Waals surface area (Å²) in [6.07, 6.45) is 5.08. The predicted octanol–water partition coefficient (Wildman–Crippen LogP) is 1.58. The van der Waals surface area contributed by atoms with E-state index in [1.165, 1.54) is 0 Å². The molecule has 2 amide bonds. The van der Waals surface area contributed by atoms with E-state index in [2.05, 4.69) is 10.6 Å². The molecule has 4 rings (SSSR count). The van der Waals surface area contributed by atoms with E-state index in [1.807, 2.05) is 24.3 Å². The van der Waals surface area contributed by atoms with Gasteiger partial charge in [-0.15, -0.1) is 0 Å². The molecule has 1 aliphatic carbocycles. The molecule has 2 heterocycles. The fourth-order valence-electron chi connectivity index (χ4n) is 4.33. The molecule has 2 N–H and O–H groups in total. The molecule has 1 aromatic carbocycles. The number of carbonyl (C=O) groups is 3.